The third-order valence-corrected chi connectivity index (χ3v) is 2.78. The first-order chi connectivity index (χ1) is 8.93. The summed E-state index contributed by atoms with van der Waals surface area (Å²) >= 11 is 0. The molecule has 0 radical (unpaired) electrons. The van der Waals surface area contributed by atoms with Crippen molar-refractivity contribution in [3.05, 3.63) is 27.2 Å². The molecule has 6 heteroatoms. The highest BCUT2D eigenvalue weighted by Gasteiger charge is 2.14. The minimum absolute atomic E-state index is 0.291. The monoisotopic (exact) mass is 266 g/mol. The lowest BCUT2D eigenvalue weighted by molar-refractivity contribution is 0.530. The summed E-state index contributed by atoms with van der Waals surface area (Å²) in [4.78, 5) is 27.9. The number of nitrogens with zero attached hydrogens (tertiary/aromatic N) is 4. The lowest BCUT2D eigenvalue weighted by atomic mass is 10.2. The van der Waals surface area contributed by atoms with Crippen molar-refractivity contribution in [1.29, 1.82) is 0 Å². The molecule has 19 heavy (non-hydrogen) atoms. The SMILES string of the molecule is CC.CC(C)Cn1cnc2c1c(=O)n(C)c(=O)n2C. The van der Waals surface area contributed by atoms with Gasteiger partial charge in [0.1, 0.15) is 0 Å². The van der Waals surface area contributed by atoms with E-state index in [4.69, 9.17) is 0 Å². The fraction of sp³-hybridized carbons (Fsp3) is 0.615. The number of hydrogen-bond acceptors (Lipinski definition) is 3. The summed E-state index contributed by atoms with van der Waals surface area (Å²) in [6.07, 6.45) is 1.62. The molecule has 0 amide bonds. The van der Waals surface area contributed by atoms with Gasteiger partial charge in [-0.3, -0.25) is 13.9 Å². The van der Waals surface area contributed by atoms with E-state index < -0.39 is 0 Å². The van der Waals surface area contributed by atoms with Gasteiger partial charge in [-0.25, -0.2) is 9.78 Å². The van der Waals surface area contributed by atoms with Crippen molar-refractivity contribution in [2.24, 2.45) is 20.0 Å². The number of hydrogen-bond donors (Lipinski definition) is 0. The maximum atomic E-state index is 12.1. The van der Waals surface area contributed by atoms with Crippen molar-refractivity contribution in [3.63, 3.8) is 0 Å². The Balaban J connectivity index is 0.000000861. The molecule has 0 aliphatic carbocycles. The highest BCUT2D eigenvalue weighted by molar-refractivity contribution is 5.69. The molecule has 2 rings (SSSR count). The normalized spacial score (nSPS) is 10.7. The number of imidazole rings is 1. The van der Waals surface area contributed by atoms with E-state index in [1.807, 2.05) is 18.4 Å². The van der Waals surface area contributed by atoms with Gasteiger partial charge in [-0.15, -0.1) is 0 Å². The van der Waals surface area contributed by atoms with Crippen LogP contribution in [0.1, 0.15) is 27.7 Å². The molecule has 0 bridgehead atoms. The Labute approximate surface area is 112 Å². The molecule has 2 heterocycles. The van der Waals surface area contributed by atoms with Crippen LogP contribution in [0.25, 0.3) is 11.2 Å². The van der Waals surface area contributed by atoms with Crippen LogP contribution in [0, 0.1) is 5.92 Å². The second-order valence-corrected chi connectivity index (χ2v) is 4.67. The van der Waals surface area contributed by atoms with Crippen LogP contribution < -0.4 is 11.2 Å². The van der Waals surface area contributed by atoms with Gasteiger partial charge in [-0.2, -0.15) is 0 Å². The molecule has 2 aromatic heterocycles. The predicted molar refractivity (Wildman–Crippen MR) is 76.4 cm³/mol. The Morgan fingerprint density at radius 3 is 2.26 bits per heavy atom. The first-order valence-corrected chi connectivity index (χ1v) is 6.54. The fourth-order valence-electron chi connectivity index (χ4n) is 1.93. The van der Waals surface area contributed by atoms with Crippen molar-refractivity contribution < 1.29 is 0 Å². The minimum Gasteiger partial charge on any atom is -0.324 e. The van der Waals surface area contributed by atoms with E-state index in [9.17, 15) is 9.59 Å². The Hall–Kier alpha value is -1.85. The molecule has 0 aliphatic rings. The van der Waals surface area contributed by atoms with Crippen molar-refractivity contribution in [2.75, 3.05) is 0 Å². The molecule has 0 N–H and O–H groups in total. The molecule has 106 valence electrons. The molecule has 0 unspecified atom stereocenters. The second kappa shape index (κ2) is 5.86. The quantitative estimate of drug-likeness (QED) is 0.818. The second-order valence-electron chi connectivity index (χ2n) is 4.67. The van der Waals surface area contributed by atoms with Gasteiger partial charge in [0.2, 0.25) is 0 Å². The van der Waals surface area contributed by atoms with Crippen molar-refractivity contribution >= 4 is 11.2 Å². The Morgan fingerprint density at radius 2 is 1.74 bits per heavy atom. The third-order valence-electron chi connectivity index (χ3n) is 2.78. The maximum Gasteiger partial charge on any atom is 0.332 e. The van der Waals surface area contributed by atoms with Crippen molar-refractivity contribution in [2.45, 2.75) is 34.2 Å². The zero-order valence-corrected chi connectivity index (χ0v) is 12.5. The first-order valence-electron chi connectivity index (χ1n) is 6.54. The Bertz CT molecular complexity index is 676. The summed E-state index contributed by atoms with van der Waals surface area (Å²) in [5, 5.41) is 0. The van der Waals surface area contributed by atoms with Crippen LogP contribution >= 0.6 is 0 Å². The molecule has 0 saturated carbocycles. The van der Waals surface area contributed by atoms with E-state index in [1.165, 1.54) is 11.6 Å². The van der Waals surface area contributed by atoms with Gasteiger partial charge >= 0.3 is 5.69 Å². The number of fused-ring (bicyclic) bond motifs is 1. The zero-order chi connectivity index (χ0) is 14.7. The molecule has 0 aliphatic heterocycles. The van der Waals surface area contributed by atoms with Crippen molar-refractivity contribution in [3.8, 4) is 0 Å². The number of aryl methyl sites for hydroxylation is 1. The zero-order valence-electron chi connectivity index (χ0n) is 12.5. The molecule has 2 aromatic rings. The highest BCUT2D eigenvalue weighted by atomic mass is 16.2. The maximum absolute atomic E-state index is 12.1. The predicted octanol–water partition coefficient (Wildman–Crippen LogP) is 1.12. The highest BCUT2D eigenvalue weighted by Crippen LogP contribution is 2.08. The standard InChI is InChI=1S/C11H16N4O2.C2H6/c1-7(2)5-15-6-12-9-8(15)10(16)14(4)11(17)13(9)3;1-2/h6-7H,5H2,1-4H3;1-2H3. The van der Waals surface area contributed by atoms with E-state index >= 15 is 0 Å². The molecule has 0 fully saturated rings. The van der Waals surface area contributed by atoms with Gasteiger partial charge in [0.15, 0.2) is 11.2 Å². The lowest BCUT2D eigenvalue weighted by Gasteiger charge is -2.08. The van der Waals surface area contributed by atoms with E-state index in [0.717, 1.165) is 4.57 Å². The van der Waals surface area contributed by atoms with Crippen LogP contribution in [0.15, 0.2) is 15.9 Å². The van der Waals surface area contributed by atoms with Crippen LogP contribution in [0.4, 0.5) is 0 Å². The van der Waals surface area contributed by atoms with Gasteiger partial charge in [-0.05, 0) is 5.92 Å². The average molecular weight is 266 g/mol. The molecule has 0 atom stereocenters. The number of rotatable bonds is 2. The van der Waals surface area contributed by atoms with Crippen LogP contribution in [0.2, 0.25) is 0 Å². The van der Waals surface area contributed by atoms with E-state index in [-0.39, 0.29) is 11.2 Å². The van der Waals surface area contributed by atoms with Gasteiger partial charge in [0, 0.05) is 20.6 Å². The largest absolute Gasteiger partial charge is 0.332 e. The van der Waals surface area contributed by atoms with Crippen LogP contribution in [0.3, 0.4) is 0 Å². The van der Waals surface area contributed by atoms with Crippen LogP contribution in [-0.2, 0) is 20.6 Å². The molecule has 0 saturated heterocycles. The minimum atomic E-state index is -0.350. The molecule has 0 spiro atoms. The van der Waals surface area contributed by atoms with Crippen molar-refractivity contribution in [1.82, 2.24) is 18.7 Å². The summed E-state index contributed by atoms with van der Waals surface area (Å²) in [5.41, 5.74) is 0.292. The molecule has 6 nitrogen and oxygen atoms in total. The first kappa shape index (κ1) is 15.2. The number of aromatic nitrogens is 4. The molecule has 0 aromatic carbocycles. The van der Waals surface area contributed by atoms with Gasteiger partial charge in [0.25, 0.3) is 5.56 Å². The summed E-state index contributed by atoms with van der Waals surface area (Å²) in [7, 11) is 3.10. The van der Waals surface area contributed by atoms with Gasteiger partial charge in [0.05, 0.1) is 6.33 Å². The van der Waals surface area contributed by atoms with Gasteiger partial charge < -0.3 is 4.57 Å². The molecular weight excluding hydrogens is 244 g/mol. The summed E-state index contributed by atoms with van der Waals surface area (Å²) in [6.45, 7) is 8.85. The summed E-state index contributed by atoms with van der Waals surface area (Å²) < 4.78 is 4.32. The Morgan fingerprint density at radius 1 is 1.16 bits per heavy atom. The smallest absolute Gasteiger partial charge is 0.324 e. The average Bonchev–Trinajstić information content (AvgIpc) is 2.79. The van der Waals surface area contributed by atoms with E-state index in [2.05, 4.69) is 18.8 Å². The lowest BCUT2D eigenvalue weighted by Crippen LogP contribution is -2.37. The topological polar surface area (TPSA) is 61.8 Å². The van der Waals surface area contributed by atoms with Crippen LogP contribution in [-0.4, -0.2) is 18.7 Å². The summed E-state index contributed by atoms with van der Waals surface area (Å²) in [6, 6.07) is 0. The molecular formula is C13H22N4O2. The Kier molecular flexibility index (Phi) is 4.69. The van der Waals surface area contributed by atoms with E-state index in [1.54, 1.807) is 13.4 Å². The van der Waals surface area contributed by atoms with E-state index in [0.29, 0.717) is 23.6 Å². The summed E-state index contributed by atoms with van der Waals surface area (Å²) in [5.74, 6) is 0.411. The fourth-order valence-corrected chi connectivity index (χ4v) is 1.93. The third kappa shape index (κ3) is 2.62. The van der Waals surface area contributed by atoms with Crippen LogP contribution in [0.5, 0.6) is 0 Å². The van der Waals surface area contributed by atoms with Gasteiger partial charge in [-0.1, -0.05) is 27.7 Å².